The maximum atomic E-state index is 12.3. The summed E-state index contributed by atoms with van der Waals surface area (Å²) in [5.74, 6) is 0.234. The lowest BCUT2D eigenvalue weighted by molar-refractivity contribution is 0.0670. The van der Waals surface area contributed by atoms with Crippen LogP contribution in [0.5, 0.6) is 0 Å². The number of likely N-dealkylation sites (tertiary alicyclic amines) is 1. The first-order valence-corrected chi connectivity index (χ1v) is 6.03. The topological polar surface area (TPSA) is 72.1 Å². The van der Waals surface area contributed by atoms with Crippen LogP contribution in [0.25, 0.3) is 0 Å². The second-order valence-corrected chi connectivity index (χ2v) is 4.53. The molecule has 0 radical (unpaired) electrons. The lowest BCUT2D eigenvalue weighted by atomic mass is 10.1. The maximum Gasteiger partial charge on any atom is 0.274 e. The molecule has 1 aromatic heterocycles. The Bertz CT molecular complexity index is 421. The van der Waals surface area contributed by atoms with Crippen LogP contribution in [0, 0.1) is 0 Å². The second kappa shape index (κ2) is 4.69. The number of nitrogen functional groups attached to an aromatic ring is 1. The second-order valence-electron chi connectivity index (χ2n) is 4.53. The first-order valence-electron chi connectivity index (χ1n) is 6.03. The predicted molar refractivity (Wildman–Crippen MR) is 65.4 cm³/mol. The van der Waals surface area contributed by atoms with Gasteiger partial charge in [0.25, 0.3) is 5.91 Å². The smallest absolute Gasteiger partial charge is 0.274 e. The molecule has 2 unspecified atom stereocenters. The minimum Gasteiger partial charge on any atom is -0.382 e. The molecule has 0 spiro atoms. The maximum absolute atomic E-state index is 12.3. The van der Waals surface area contributed by atoms with E-state index in [0.29, 0.717) is 11.7 Å². The van der Waals surface area contributed by atoms with Crippen LogP contribution in [0.3, 0.4) is 0 Å². The molecule has 0 bridgehead atoms. The van der Waals surface area contributed by atoms with Crippen molar-refractivity contribution in [1.29, 1.82) is 0 Å². The first kappa shape index (κ1) is 11.8. The van der Waals surface area contributed by atoms with Gasteiger partial charge in [-0.05, 0) is 26.2 Å². The van der Waals surface area contributed by atoms with E-state index in [2.05, 4.69) is 23.8 Å². The van der Waals surface area contributed by atoms with Gasteiger partial charge in [0.1, 0.15) is 11.5 Å². The molecule has 0 aromatic carbocycles. The molecule has 92 valence electrons. The average Bonchev–Trinajstić information content (AvgIpc) is 2.69. The van der Waals surface area contributed by atoms with Crippen molar-refractivity contribution >= 4 is 11.7 Å². The molecule has 2 N–H and O–H groups in total. The van der Waals surface area contributed by atoms with Crippen molar-refractivity contribution in [2.45, 2.75) is 45.2 Å². The zero-order chi connectivity index (χ0) is 12.4. The van der Waals surface area contributed by atoms with Crippen molar-refractivity contribution in [2.75, 3.05) is 5.73 Å². The highest BCUT2D eigenvalue weighted by Crippen LogP contribution is 2.27. The van der Waals surface area contributed by atoms with Gasteiger partial charge in [-0.15, -0.1) is 0 Å². The van der Waals surface area contributed by atoms with Gasteiger partial charge in [0.05, 0.1) is 12.4 Å². The Morgan fingerprint density at radius 2 is 2.29 bits per heavy atom. The number of carbonyl (C=O) groups is 1. The number of rotatable bonds is 2. The fraction of sp³-hybridized carbons (Fsp3) is 0.583. The number of nitrogens with zero attached hydrogens (tertiary/aromatic N) is 3. The van der Waals surface area contributed by atoms with Gasteiger partial charge in [0, 0.05) is 12.1 Å². The lowest BCUT2D eigenvalue weighted by Gasteiger charge is -2.27. The van der Waals surface area contributed by atoms with E-state index >= 15 is 0 Å². The highest BCUT2D eigenvalue weighted by atomic mass is 16.2. The average molecular weight is 234 g/mol. The van der Waals surface area contributed by atoms with E-state index in [0.717, 1.165) is 19.3 Å². The number of aromatic nitrogens is 2. The molecule has 1 aromatic rings. The molecule has 0 aliphatic carbocycles. The van der Waals surface area contributed by atoms with E-state index in [-0.39, 0.29) is 17.8 Å². The molecule has 17 heavy (non-hydrogen) atoms. The van der Waals surface area contributed by atoms with Crippen molar-refractivity contribution < 1.29 is 4.79 Å². The summed E-state index contributed by atoms with van der Waals surface area (Å²) in [5, 5.41) is 0. The third-order valence-corrected chi connectivity index (χ3v) is 3.36. The Hall–Kier alpha value is -1.65. The van der Waals surface area contributed by atoms with Crippen LogP contribution in [-0.4, -0.2) is 32.9 Å². The van der Waals surface area contributed by atoms with Crippen LogP contribution >= 0.6 is 0 Å². The van der Waals surface area contributed by atoms with Gasteiger partial charge >= 0.3 is 0 Å². The number of hydrogen-bond donors (Lipinski definition) is 1. The summed E-state index contributed by atoms with van der Waals surface area (Å²) in [6, 6.07) is 0.594. The fourth-order valence-corrected chi connectivity index (χ4v) is 2.45. The fourth-order valence-electron chi connectivity index (χ4n) is 2.45. The monoisotopic (exact) mass is 234 g/mol. The molecule has 1 saturated heterocycles. The van der Waals surface area contributed by atoms with E-state index in [9.17, 15) is 4.79 Å². The molecule has 2 atom stereocenters. The van der Waals surface area contributed by atoms with Gasteiger partial charge in [-0.25, -0.2) is 4.98 Å². The largest absolute Gasteiger partial charge is 0.382 e. The van der Waals surface area contributed by atoms with Gasteiger partial charge in [-0.2, -0.15) is 0 Å². The summed E-state index contributed by atoms with van der Waals surface area (Å²) in [6.07, 6.45) is 6.03. The predicted octanol–water partition coefficient (Wildman–Crippen LogP) is 1.46. The van der Waals surface area contributed by atoms with Crippen molar-refractivity contribution in [2.24, 2.45) is 0 Å². The zero-order valence-electron chi connectivity index (χ0n) is 10.3. The third-order valence-electron chi connectivity index (χ3n) is 3.36. The highest BCUT2D eigenvalue weighted by Gasteiger charge is 2.34. The molecular formula is C12H18N4O. The first-order chi connectivity index (χ1) is 8.13. The number of hydrogen-bond acceptors (Lipinski definition) is 4. The van der Waals surface area contributed by atoms with Crippen LogP contribution < -0.4 is 5.73 Å². The van der Waals surface area contributed by atoms with Crippen molar-refractivity contribution in [3.8, 4) is 0 Å². The summed E-state index contributed by atoms with van der Waals surface area (Å²) < 4.78 is 0. The van der Waals surface area contributed by atoms with Crippen LogP contribution in [0.4, 0.5) is 5.82 Å². The summed E-state index contributed by atoms with van der Waals surface area (Å²) in [4.78, 5) is 22.2. The Kier molecular flexibility index (Phi) is 3.26. The Morgan fingerprint density at radius 1 is 1.53 bits per heavy atom. The molecule has 2 heterocycles. The van der Waals surface area contributed by atoms with Crippen molar-refractivity contribution in [1.82, 2.24) is 14.9 Å². The summed E-state index contributed by atoms with van der Waals surface area (Å²) in [6.45, 7) is 4.18. The molecule has 1 aliphatic heterocycles. The van der Waals surface area contributed by atoms with Crippen molar-refractivity contribution in [3.05, 3.63) is 18.1 Å². The quantitative estimate of drug-likeness (QED) is 0.841. The summed E-state index contributed by atoms with van der Waals surface area (Å²) in [5.41, 5.74) is 5.90. The van der Waals surface area contributed by atoms with E-state index in [1.165, 1.54) is 12.4 Å². The summed E-state index contributed by atoms with van der Waals surface area (Å²) in [7, 11) is 0. The molecule has 1 aliphatic rings. The van der Waals surface area contributed by atoms with Crippen LogP contribution in [0.15, 0.2) is 12.4 Å². The number of nitrogens with two attached hydrogens (primary N) is 1. The molecule has 5 nitrogen and oxygen atoms in total. The zero-order valence-corrected chi connectivity index (χ0v) is 10.3. The van der Waals surface area contributed by atoms with Gasteiger partial charge in [-0.1, -0.05) is 6.92 Å². The minimum absolute atomic E-state index is 0.0540. The SMILES string of the molecule is CCC1CCC(C)N1C(=O)c1cncc(N)n1. The molecule has 5 heteroatoms. The lowest BCUT2D eigenvalue weighted by Crippen LogP contribution is -2.40. The highest BCUT2D eigenvalue weighted by molar-refractivity contribution is 5.93. The van der Waals surface area contributed by atoms with Gasteiger partial charge in [0.15, 0.2) is 0 Å². The summed E-state index contributed by atoms with van der Waals surface area (Å²) >= 11 is 0. The van der Waals surface area contributed by atoms with Crippen molar-refractivity contribution in [3.63, 3.8) is 0 Å². The van der Waals surface area contributed by atoms with Crippen LogP contribution in [0.1, 0.15) is 43.6 Å². The molecular weight excluding hydrogens is 216 g/mol. The van der Waals surface area contributed by atoms with E-state index < -0.39 is 0 Å². The van der Waals surface area contributed by atoms with E-state index in [1.54, 1.807) is 0 Å². The van der Waals surface area contributed by atoms with Crippen LogP contribution in [0.2, 0.25) is 0 Å². The number of anilines is 1. The third kappa shape index (κ3) is 2.23. The Balaban J connectivity index is 2.24. The number of amides is 1. The molecule has 2 rings (SSSR count). The molecule has 1 fully saturated rings. The molecule has 1 amide bonds. The van der Waals surface area contributed by atoms with Gasteiger partial charge in [-0.3, -0.25) is 9.78 Å². The van der Waals surface area contributed by atoms with E-state index in [4.69, 9.17) is 5.73 Å². The number of carbonyl (C=O) groups excluding carboxylic acids is 1. The van der Waals surface area contributed by atoms with Gasteiger partial charge in [0.2, 0.25) is 0 Å². The minimum atomic E-state index is -0.0540. The van der Waals surface area contributed by atoms with Crippen LogP contribution in [-0.2, 0) is 0 Å². The van der Waals surface area contributed by atoms with Gasteiger partial charge < -0.3 is 10.6 Å². The van der Waals surface area contributed by atoms with E-state index in [1.807, 2.05) is 4.90 Å². The molecule has 0 saturated carbocycles. The normalized spacial score (nSPS) is 24.0. The Labute approximate surface area is 101 Å². The standard InChI is InChI=1S/C12H18N4O/c1-3-9-5-4-8(2)16(9)12(17)10-6-14-7-11(13)15-10/h6-9H,3-5H2,1-2H3,(H2,13,15). The Morgan fingerprint density at radius 3 is 2.94 bits per heavy atom.